The summed E-state index contributed by atoms with van der Waals surface area (Å²) < 4.78 is 8.05. The van der Waals surface area contributed by atoms with Gasteiger partial charge in [0.05, 0.1) is 59.6 Å². The number of non-ortho nitro benzene ring substituents is 1. The predicted octanol–water partition coefficient (Wildman–Crippen LogP) is 4.01. The third-order valence-corrected chi connectivity index (χ3v) is 13.2. The van der Waals surface area contributed by atoms with Gasteiger partial charge in [-0.3, -0.25) is 24.5 Å². The summed E-state index contributed by atoms with van der Waals surface area (Å²) in [5, 5.41) is 27.5. The van der Waals surface area contributed by atoms with Crippen LogP contribution in [0.1, 0.15) is 37.3 Å². The van der Waals surface area contributed by atoms with Crippen LogP contribution in [0.4, 0.5) is 11.4 Å². The Morgan fingerprint density at radius 1 is 1.12 bits per heavy atom. The molecule has 2 amide bonds. The number of likely N-dealkylation sites (tertiary alicyclic amines) is 1. The zero-order valence-corrected chi connectivity index (χ0v) is 29.1. The molecule has 3 aliphatic rings. The molecule has 260 valence electrons. The summed E-state index contributed by atoms with van der Waals surface area (Å²) in [4.78, 5) is 68.1. The number of amides is 2. The van der Waals surface area contributed by atoms with Gasteiger partial charge in [-0.15, -0.1) is 0 Å². The third-order valence-electron chi connectivity index (χ3n) is 10.7. The van der Waals surface area contributed by atoms with Crippen LogP contribution in [0.5, 0.6) is 0 Å². The number of aliphatic hydroxyl groups excluding tert-OH is 1. The lowest BCUT2D eigenvalue weighted by Crippen LogP contribution is -2.46. The number of aromatic nitrogens is 2. The van der Waals surface area contributed by atoms with Crippen LogP contribution in [0, 0.1) is 16.0 Å². The van der Waals surface area contributed by atoms with Crippen molar-refractivity contribution in [1.29, 1.82) is 0 Å². The molecule has 2 N–H and O–H groups in total. The molecule has 7 rings (SSSR count). The molecule has 50 heavy (non-hydrogen) atoms. The lowest BCUT2D eigenvalue weighted by molar-refractivity contribution is -0.385. The van der Waals surface area contributed by atoms with Crippen molar-refractivity contribution in [2.24, 2.45) is 5.92 Å². The number of carbonyl (C=O) groups excluding carboxylic acids is 2. The fraction of sp³-hybridized carbons (Fsp3) is 0.389. The van der Waals surface area contributed by atoms with Gasteiger partial charge in [0.25, 0.3) is 17.2 Å². The van der Waals surface area contributed by atoms with E-state index in [9.17, 15) is 34.4 Å². The van der Waals surface area contributed by atoms with Crippen molar-refractivity contribution in [1.82, 2.24) is 14.7 Å². The molecule has 1 aromatic heterocycles. The zero-order chi connectivity index (χ0) is 35.5. The largest absolute Gasteiger partial charge is 0.432 e. The normalized spacial score (nSPS) is 24.8. The molecule has 14 heteroatoms. The van der Waals surface area contributed by atoms with Gasteiger partial charge >= 0.3 is 0 Å². The number of nitrogens with zero attached hydrogens (tertiary/aromatic N) is 5. The molecule has 0 bridgehead atoms. The smallest absolute Gasteiger partial charge is 0.279 e. The van der Waals surface area contributed by atoms with Crippen LogP contribution in [-0.4, -0.2) is 74.9 Å². The maximum atomic E-state index is 14.9. The fourth-order valence-corrected chi connectivity index (χ4v) is 11.0. The maximum absolute atomic E-state index is 14.9. The molecule has 4 aromatic rings. The van der Waals surface area contributed by atoms with E-state index in [-0.39, 0.29) is 42.8 Å². The van der Waals surface area contributed by atoms with Crippen molar-refractivity contribution in [3.05, 3.63) is 105 Å². The van der Waals surface area contributed by atoms with Crippen LogP contribution in [0.2, 0.25) is 18.6 Å². The highest BCUT2D eigenvalue weighted by Crippen LogP contribution is 2.60. The van der Waals surface area contributed by atoms with Gasteiger partial charge in [-0.2, -0.15) is 9.78 Å². The average molecular weight is 698 g/mol. The maximum Gasteiger partial charge on any atom is 0.279 e. The van der Waals surface area contributed by atoms with Crippen molar-refractivity contribution in [3.63, 3.8) is 0 Å². The third kappa shape index (κ3) is 5.43. The van der Waals surface area contributed by atoms with Gasteiger partial charge in [0.2, 0.25) is 5.91 Å². The van der Waals surface area contributed by atoms with E-state index in [1.807, 2.05) is 25.1 Å². The van der Waals surface area contributed by atoms with Gasteiger partial charge in [0.15, 0.2) is 13.9 Å². The highest BCUT2D eigenvalue weighted by atomic mass is 28.4. The number of benzene rings is 3. The Hall–Kier alpha value is -4.76. The Kier molecular flexibility index (Phi) is 8.45. The second-order valence-electron chi connectivity index (χ2n) is 14.1. The Bertz CT molecular complexity index is 2080. The van der Waals surface area contributed by atoms with E-state index in [4.69, 9.17) is 4.74 Å². The van der Waals surface area contributed by atoms with Crippen molar-refractivity contribution in [2.75, 3.05) is 18.1 Å². The number of nitro groups is 1. The minimum absolute atomic E-state index is 0.0534. The number of carbonyl (C=O) groups is 2. The summed E-state index contributed by atoms with van der Waals surface area (Å²) in [5.74, 6) is -1.31. The molecule has 3 aliphatic heterocycles. The molecule has 0 aliphatic carbocycles. The van der Waals surface area contributed by atoms with Gasteiger partial charge in [0, 0.05) is 41.1 Å². The summed E-state index contributed by atoms with van der Waals surface area (Å²) in [6, 6.07) is 18.3. The van der Waals surface area contributed by atoms with Crippen LogP contribution < -0.4 is 10.5 Å². The number of ether oxygens (including phenoxy) is 1. The first-order valence-electron chi connectivity index (χ1n) is 16.8. The Morgan fingerprint density at radius 2 is 1.90 bits per heavy atom. The summed E-state index contributed by atoms with van der Waals surface area (Å²) in [5.41, 5.74) is -0.827. The van der Waals surface area contributed by atoms with Crippen molar-refractivity contribution < 1.29 is 29.2 Å². The number of nitro benzene ring substituents is 1. The monoisotopic (exact) mass is 697 g/mol. The van der Waals surface area contributed by atoms with Crippen LogP contribution in [-0.2, 0) is 26.5 Å². The highest BCUT2D eigenvalue weighted by molar-refractivity contribution is 6.71. The molecule has 0 unspecified atom stereocenters. The second-order valence-corrected chi connectivity index (χ2v) is 18.1. The SMILES string of the molecule is C[C@@H]1[C@@H]([Si](C)(C)O)[C@H](CC(=O)N2CCC[C@H]2CO)O[C@@]12C(=O)N(Cc1cccc(-n3ncc4ccccc4c3=O)c1)c1ccc([N+](=O)[O-])cc12. The summed E-state index contributed by atoms with van der Waals surface area (Å²) in [7, 11) is -3.12. The van der Waals surface area contributed by atoms with E-state index in [1.54, 1.807) is 60.6 Å². The number of hydrogen-bond acceptors (Lipinski definition) is 9. The van der Waals surface area contributed by atoms with Gasteiger partial charge in [-0.25, -0.2) is 0 Å². The molecule has 4 heterocycles. The quantitative estimate of drug-likeness (QED) is 0.157. The fourth-order valence-electron chi connectivity index (χ4n) is 8.42. The van der Waals surface area contributed by atoms with Crippen molar-refractivity contribution >= 4 is 42.3 Å². The van der Waals surface area contributed by atoms with Gasteiger partial charge in [-0.1, -0.05) is 37.3 Å². The number of fused-ring (bicyclic) bond motifs is 3. The first kappa shape index (κ1) is 33.7. The van der Waals surface area contributed by atoms with Gasteiger partial charge in [0.1, 0.15) is 0 Å². The summed E-state index contributed by atoms with van der Waals surface area (Å²) in [6.07, 6.45) is 2.14. The van der Waals surface area contributed by atoms with Crippen LogP contribution in [0.15, 0.2) is 77.7 Å². The molecule has 0 radical (unpaired) electrons. The van der Waals surface area contributed by atoms with Crippen molar-refractivity contribution in [2.45, 2.75) is 69.1 Å². The Balaban J connectivity index is 1.27. The van der Waals surface area contributed by atoms with Crippen molar-refractivity contribution in [3.8, 4) is 5.69 Å². The van der Waals surface area contributed by atoms with Crippen LogP contribution >= 0.6 is 0 Å². The second kappa shape index (κ2) is 12.5. The topological polar surface area (TPSA) is 168 Å². The summed E-state index contributed by atoms with van der Waals surface area (Å²) in [6.45, 7) is 5.72. The predicted molar refractivity (Wildman–Crippen MR) is 187 cm³/mol. The van der Waals surface area contributed by atoms with Gasteiger partial charge in [-0.05, 0) is 55.8 Å². The molecule has 13 nitrogen and oxygen atoms in total. The Morgan fingerprint density at radius 3 is 2.64 bits per heavy atom. The first-order chi connectivity index (χ1) is 23.8. The standard InChI is InChI=1S/C36H39N5O8Si/c1-22-33(50(2,3)48)31(18-32(43)38-15-7-11-27(38)21-42)49-36(22)29-17-26(41(46)47)13-14-30(29)39(35(36)45)20-23-8-6-10-25(16-23)40-34(44)28-12-5-4-9-24(28)19-37-40/h4-6,8-10,12-14,16-17,19,22,27,31,33,42,48H,7,11,15,18,20-21H2,1-3H3/t22-,27+,31+,33-,36+/m1/s1. The zero-order valence-electron chi connectivity index (χ0n) is 28.1. The molecular formula is C36H39N5O8Si. The minimum Gasteiger partial charge on any atom is -0.432 e. The first-order valence-corrected chi connectivity index (χ1v) is 19.9. The van der Waals surface area contributed by atoms with E-state index < -0.39 is 42.3 Å². The number of anilines is 1. The molecule has 2 fully saturated rings. The number of rotatable bonds is 8. The molecule has 2 saturated heterocycles. The van der Waals surface area contributed by atoms with Gasteiger partial charge < -0.3 is 24.4 Å². The van der Waals surface area contributed by atoms with E-state index >= 15 is 0 Å². The molecular weight excluding hydrogens is 659 g/mol. The highest BCUT2D eigenvalue weighted by Gasteiger charge is 2.66. The summed E-state index contributed by atoms with van der Waals surface area (Å²) >= 11 is 0. The molecule has 3 aromatic carbocycles. The molecule has 1 spiro atoms. The van der Waals surface area contributed by atoms with E-state index in [0.29, 0.717) is 40.9 Å². The average Bonchev–Trinajstić information content (AvgIpc) is 3.75. The minimum atomic E-state index is -3.12. The van der Waals surface area contributed by atoms with Crippen LogP contribution in [0.25, 0.3) is 16.5 Å². The number of aliphatic hydroxyl groups is 1. The van der Waals surface area contributed by atoms with E-state index in [0.717, 1.165) is 11.8 Å². The lowest BCUT2D eigenvalue weighted by atomic mass is 9.82. The molecule has 5 atom stereocenters. The van der Waals surface area contributed by atoms with E-state index in [1.165, 1.54) is 21.7 Å². The Labute approximate surface area is 289 Å². The molecule has 0 saturated carbocycles. The number of hydrogen-bond donors (Lipinski definition) is 2. The van der Waals surface area contributed by atoms with E-state index in [2.05, 4.69) is 5.10 Å². The van der Waals surface area contributed by atoms with Crippen LogP contribution in [0.3, 0.4) is 0 Å². The lowest BCUT2D eigenvalue weighted by Gasteiger charge is -2.32.